The summed E-state index contributed by atoms with van der Waals surface area (Å²) < 4.78 is 0. The lowest BCUT2D eigenvalue weighted by Crippen LogP contribution is -1.85. The van der Waals surface area contributed by atoms with E-state index in [9.17, 15) is 4.79 Å². The molecule has 0 aliphatic carbocycles. The molecule has 2 heteroatoms. The molecule has 0 aromatic heterocycles. The van der Waals surface area contributed by atoms with Crippen LogP contribution in [0.3, 0.4) is 0 Å². The molecule has 0 atom stereocenters. The van der Waals surface area contributed by atoms with Crippen LogP contribution in [0.5, 0.6) is 0 Å². The van der Waals surface area contributed by atoms with Gasteiger partial charge in [-0.1, -0.05) is 30.0 Å². The van der Waals surface area contributed by atoms with Crippen molar-refractivity contribution in [3.8, 4) is 11.8 Å². The molecule has 0 unspecified atom stereocenters. The summed E-state index contributed by atoms with van der Waals surface area (Å²) in [5.74, 6) is 6.62. The molecule has 0 saturated heterocycles. The highest BCUT2D eigenvalue weighted by molar-refractivity contribution is 7.80. The highest BCUT2D eigenvalue weighted by atomic mass is 32.1. The van der Waals surface area contributed by atoms with Crippen molar-refractivity contribution in [1.82, 2.24) is 0 Å². The van der Waals surface area contributed by atoms with E-state index in [1.807, 2.05) is 18.2 Å². The molecule has 0 aliphatic rings. The van der Waals surface area contributed by atoms with E-state index in [1.165, 1.54) is 0 Å². The van der Waals surface area contributed by atoms with Gasteiger partial charge in [0.2, 0.25) is 0 Å². The molecule has 0 heterocycles. The molecule has 0 aliphatic heterocycles. The van der Waals surface area contributed by atoms with Crippen LogP contribution in [0.25, 0.3) is 0 Å². The maximum Gasteiger partial charge on any atom is 0.151 e. The third-order valence-electron chi connectivity index (χ3n) is 1.55. The standard InChI is InChI=1S/C11H10OS/c12-9-11-7-2-1-5-10(11)6-3-4-8-13/h1-2,5,7,9,13H,4,8H2. The number of rotatable bonds is 2. The lowest BCUT2D eigenvalue weighted by Gasteiger charge is -1.93. The van der Waals surface area contributed by atoms with Crippen molar-refractivity contribution in [2.45, 2.75) is 6.42 Å². The van der Waals surface area contributed by atoms with Crippen molar-refractivity contribution in [3.63, 3.8) is 0 Å². The van der Waals surface area contributed by atoms with Gasteiger partial charge in [0.1, 0.15) is 0 Å². The lowest BCUT2D eigenvalue weighted by atomic mass is 10.1. The van der Waals surface area contributed by atoms with Crippen LogP contribution < -0.4 is 0 Å². The Morgan fingerprint density at radius 3 is 2.85 bits per heavy atom. The maximum atomic E-state index is 10.6. The molecule has 0 fully saturated rings. The monoisotopic (exact) mass is 190 g/mol. The molecule has 1 nitrogen and oxygen atoms in total. The van der Waals surface area contributed by atoms with Crippen LogP contribution in [-0.4, -0.2) is 12.0 Å². The average molecular weight is 190 g/mol. The van der Waals surface area contributed by atoms with Crippen molar-refractivity contribution in [2.24, 2.45) is 0 Å². The molecule has 0 bridgehead atoms. The Kier molecular flexibility index (Phi) is 4.14. The third kappa shape index (κ3) is 2.96. The Morgan fingerprint density at radius 2 is 2.15 bits per heavy atom. The molecule has 0 amide bonds. The molecule has 13 heavy (non-hydrogen) atoms. The molecule has 0 radical (unpaired) electrons. The third-order valence-corrected chi connectivity index (χ3v) is 1.77. The summed E-state index contributed by atoms with van der Waals surface area (Å²) in [6.07, 6.45) is 1.57. The quantitative estimate of drug-likeness (QED) is 0.429. The van der Waals surface area contributed by atoms with Crippen molar-refractivity contribution in [1.29, 1.82) is 0 Å². The number of benzene rings is 1. The number of carbonyl (C=O) groups excluding carboxylic acids is 1. The molecule has 66 valence electrons. The largest absolute Gasteiger partial charge is 0.298 e. The van der Waals surface area contributed by atoms with Gasteiger partial charge in [-0.15, -0.1) is 0 Å². The van der Waals surface area contributed by atoms with E-state index >= 15 is 0 Å². The first-order valence-electron chi connectivity index (χ1n) is 4.02. The number of thiol groups is 1. The van der Waals surface area contributed by atoms with Gasteiger partial charge in [0.05, 0.1) is 0 Å². The van der Waals surface area contributed by atoms with Crippen LogP contribution in [0, 0.1) is 11.8 Å². The van der Waals surface area contributed by atoms with Gasteiger partial charge in [0, 0.05) is 23.3 Å². The van der Waals surface area contributed by atoms with Gasteiger partial charge in [-0.25, -0.2) is 0 Å². The van der Waals surface area contributed by atoms with Crippen LogP contribution in [0.4, 0.5) is 0 Å². The highest BCUT2D eigenvalue weighted by Gasteiger charge is 1.94. The van der Waals surface area contributed by atoms with Gasteiger partial charge < -0.3 is 0 Å². The zero-order valence-electron chi connectivity index (χ0n) is 7.16. The minimum atomic E-state index is 0.647. The second-order valence-corrected chi connectivity index (χ2v) is 2.93. The van der Waals surface area contributed by atoms with Gasteiger partial charge in [0.15, 0.2) is 6.29 Å². The van der Waals surface area contributed by atoms with Crippen molar-refractivity contribution < 1.29 is 4.79 Å². The highest BCUT2D eigenvalue weighted by Crippen LogP contribution is 2.03. The summed E-state index contributed by atoms with van der Waals surface area (Å²) in [6.45, 7) is 0. The van der Waals surface area contributed by atoms with Crippen LogP contribution in [0.15, 0.2) is 24.3 Å². The fourth-order valence-corrected chi connectivity index (χ4v) is 1.04. The summed E-state index contributed by atoms with van der Waals surface area (Å²) in [5.41, 5.74) is 1.44. The smallest absolute Gasteiger partial charge is 0.151 e. The van der Waals surface area contributed by atoms with Gasteiger partial charge in [-0.05, 0) is 6.07 Å². The first-order valence-corrected chi connectivity index (χ1v) is 4.65. The van der Waals surface area contributed by atoms with E-state index in [-0.39, 0.29) is 0 Å². The van der Waals surface area contributed by atoms with Crippen molar-refractivity contribution in [3.05, 3.63) is 35.4 Å². The van der Waals surface area contributed by atoms with E-state index in [0.29, 0.717) is 5.56 Å². The van der Waals surface area contributed by atoms with Crippen LogP contribution >= 0.6 is 12.6 Å². The Balaban J connectivity index is 2.88. The molecular weight excluding hydrogens is 180 g/mol. The summed E-state index contributed by atoms with van der Waals surface area (Å²) >= 11 is 4.04. The summed E-state index contributed by atoms with van der Waals surface area (Å²) in [6, 6.07) is 7.30. The van der Waals surface area contributed by atoms with E-state index in [0.717, 1.165) is 24.0 Å². The van der Waals surface area contributed by atoms with Gasteiger partial charge in [0.25, 0.3) is 0 Å². The Labute approximate surface area is 83.6 Å². The fourth-order valence-electron chi connectivity index (χ4n) is 0.927. The van der Waals surface area contributed by atoms with E-state index < -0.39 is 0 Å². The van der Waals surface area contributed by atoms with Gasteiger partial charge in [-0.3, -0.25) is 4.79 Å². The Bertz CT molecular complexity index is 347. The first kappa shape index (κ1) is 9.88. The summed E-state index contributed by atoms with van der Waals surface area (Å²) in [4.78, 5) is 10.6. The summed E-state index contributed by atoms with van der Waals surface area (Å²) in [7, 11) is 0. The van der Waals surface area contributed by atoms with Crippen molar-refractivity contribution in [2.75, 3.05) is 5.75 Å². The van der Waals surface area contributed by atoms with Crippen LogP contribution in [-0.2, 0) is 0 Å². The lowest BCUT2D eigenvalue weighted by molar-refractivity contribution is 0.112. The number of hydrogen-bond acceptors (Lipinski definition) is 2. The van der Waals surface area contributed by atoms with Crippen LogP contribution in [0.2, 0.25) is 0 Å². The first-order chi connectivity index (χ1) is 6.38. The SMILES string of the molecule is O=Cc1ccccc1C#CCCS. The van der Waals surface area contributed by atoms with E-state index in [2.05, 4.69) is 24.5 Å². The Hall–Kier alpha value is -1.20. The van der Waals surface area contributed by atoms with E-state index in [1.54, 1.807) is 6.07 Å². The molecule has 0 spiro atoms. The molecule has 0 N–H and O–H groups in total. The minimum Gasteiger partial charge on any atom is -0.298 e. The van der Waals surface area contributed by atoms with Crippen LogP contribution in [0.1, 0.15) is 22.3 Å². The molecule has 1 aromatic carbocycles. The minimum absolute atomic E-state index is 0.647. The predicted octanol–water partition coefficient (Wildman–Crippen LogP) is 2.17. The fraction of sp³-hybridized carbons (Fsp3) is 0.182. The zero-order chi connectivity index (χ0) is 9.52. The molecule has 1 aromatic rings. The Morgan fingerprint density at radius 1 is 1.38 bits per heavy atom. The summed E-state index contributed by atoms with van der Waals surface area (Å²) in [5, 5.41) is 0. The number of hydrogen-bond donors (Lipinski definition) is 1. The number of aldehydes is 1. The number of carbonyl (C=O) groups is 1. The second kappa shape index (κ2) is 5.45. The molecule has 0 saturated carbocycles. The molecule has 1 rings (SSSR count). The maximum absolute atomic E-state index is 10.6. The topological polar surface area (TPSA) is 17.1 Å². The normalized spacial score (nSPS) is 8.69. The van der Waals surface area contributed by atoms with Gasteiger partial charge in [-0.2, -0.15) is 12.6 Å². The van der Waals surface area contributed by atoms with E-state index in [4.69, 9.17) is 0 Å². The zero-order valence-corrected chi connectivity index (χ0v) is 8.05. The average Bonchev–Trinajstić information content (AvgIpc) is 2.19. The van der Waals surface area contributed by atoms with Crippen molar-refractivity contribution >= 4 is 18.9 Å². The predicted molar refractivity (Wildman–Crippen MR) is 57.2 cm³/mol. The second-order valence-electron chi connectivity index (χ2n) is 2.48. The molecular formula is C11H10OS. The van der Waals surface area contributed by atoms with Gasteiger partial charge >= 0.3 is 0 Å².